The molecule has 0 spiro atoms. The van der Waals surface area contributed by atoms with Gasteiger partial charge in [-0.3, -0.25) is 0 Å². The van der Waals surface area contributed by atoms with E-state index in [1.54, 1.807) is 11.1 Å². The van der Waals surface area contributed by atoms with Crippen molar-refractivity contribution >= 4 is 0 Å². The van der Waals surface area contributed by atoms with Crippen molar-refractivity contribution in [2.24, 2.45) is 0 Å². The summed E-state index contributed by atoms with van der Waals surface area (Å²) < 4.78 is 0. The third-order valence-corrected chi connectivity index (χ3v) is 3.77. The second kappa shape index (κ2) is 3.66. The molecule has 0 bridgehead atoms. The van der Waals surface area contributed by atoms with Crippen LogP contribution in [0.25, 0.3) is 0 Å². The Balaban J connectivity index is 2.44. The van der Waals surface area contributed by atoms with Gasteiger partial charge in [0.25, 0.3) is 0 Å². The zero-order valence-electron chi connectivity index (χ0n) is 10.4. The molecular formula is C15H22. The number of rotatable bonds is 2. The van der Waals surface area contributed by atoms with Gasteiger partial charge in [-0.2, -0.15) is 0 Å². The quantitative estimate of drug-likeness (QED) is 0.659. The Labute approximate surface area is 93.7 Å². The molecule has 1 aliphatic carbocycles. The molecule has 0 aliphatic heterocycles. The monoisotopic (exact) mass is 202 g/mol. The van der Waals surface area contributed by atoms with Gasteiger partial charge in [-0.1, -0.05) is 51.0 Å². The Morgan fingerprint density at radius 1 is 1.33 bits per heavy atom. The van der Waals surface area contributed by atoms with Gasteiger partial charge in [0.1, 0.15) is 0 Å². The van der Waals surface area contributed by atoms with Crippen LogP contribution in [0.4, 0.5) is 0 Å². The minimum absolute atomic E-state index is 0.392. The van der Waals surface area contributed by atoms with Crippen molar-refractivity contribution in [2.75, 3.05) is 0 Å². The van der Waals surface area contributed by atoms with Gasteiger partial charge in [-0.25, -0.2) is 0 Å². The van der Waals surface area contributed by atoms with Gasteiger partial charge in [0.05, 0.1) is 0 Å². The van der Waals surface area contributed by atoms with E-state index in [-0.39, 0.29) is 0 Å². The van der Waals surface area contributed by atoms with E-state index >= 15 is 0 Å². The van der Waals surface area contributed by atoms with E-state index in [0.717, 1.165) is 5.92 Å². The molecule has 1 aromatic rings. The summed E-state index contributed by atoms with van der Waals surface area (Å²) in [6.07, 6.45) is 3.98. The minimum Gasteiger partial charge on any atom is -0.0654 e. The molecule has 0 amide bonds. The summed E-state index contributed by atoms with van der Waals surface area (Å²) in [7, 11) is 0. The second-order valence-corrected chi connectivity index (χ2v) is 5.66. The summed E-state index contributed by atoms with van der Waals surface area (Å²) in [5.41, 5.74) is 5.02. The van der Waals surface area contributed by atoms with Gasteiger partial charge in [0.15, 0.2) is 0 Å². The SMILES string of the molecule is CCC[C@H]1CC(C)(C)c2ccc(C)cc21. The molecule has 0 heteroatoms. The Bertz CT molecular complexity index is 360. The standard InChI is InChI=1S/C15H22/c1-5-6-12-10-15(3,4)14-8-7-11(2)9-13(12)14/h7-9,12H,5-6,10H2,1-4H3/t12-/m0/s1. The minimum atomic E-state index is 0.392. The lowest BCUT2D eigenvalue weighted by molar-refractivity contribution is 0.458. The highest BCUT2D eigenvalue weighted by molar-refractivity contribution is 5.43. The van der Waals surface area contributed by atoms with Crippen molar-refractivity contribution < 1.29 is 0 Å². The molecule has 2 rings (SSSR count). The van der Waals surface area contributed by atoms with Crippen LogP contribution < -0.4 is 0 Å². The van der Waals surface area contributed by atoms with E-state index in [4.69, 9.17) is 0 Å². The highest BCUT2D eigenvalue weighted by Crippen LogP contribution is 2.47. The van der Waals surface area contributed by atoms with Crippen molar-refractivity contribution in [1.82, 2.24) is 0 Å². The number of aryl methyl sites for hydroxylation is 1. The molecular weight excluding hydrogens is 180 g/mol. The van der Waals surface area contributed by atoms with Crippen molar-refractivity contribution in [1.29, 1.82) is 0 Å². The first-order chi connectivity index (χ1) is 7.04. The largest absolute Gasteiger partial charge is 0.0654 e. The van der Waals surface area contributed by atoms with Gasteiger partial charge in [0.2, 0.25) is 0 Å². The first-order valence-corrected chi connectivity index (χ1v) is 6.15. The topological polar surface area (TPSA) is 0 Å². The van der Waals surface area contributed by atoms with Crippen molar-refractivity contribution in [3.8, 4) is 0 Å². The van der Waals surface area contributed by atoms with Crippen LogP contribution in [0, 0.1) is 6.92 Å². The average Bonchev–Trinajstić information content (AvgIpc) is 2.39. The molecule has 1 aromatic carbocycles. The number of fused-ring (bicyclic) bond motifs is 1. The van der Waals surface area contributed by atoms with Crippen molar-refractivity contribution in [3.63, 3.8) is 0 Å². The van der Waals surface area contributed by atoms with Crippen molar-refractivity contribution in [2.45, 2.75) is 58.3 Å². The summed E-state index contributed by atoms with van der Waals surface area (Å²) in [6, 6.07) is 7.01. The Morgan fingerprint density at radius 2 is 2.07 bits per heavy atom. The fourth-order valence-corrected chi connectivity index (χ4v) is 3.08. The maximum Gasteiger partial charge on any atom is -0.00949 e. The molecule has 0 saturated carbocycles. The highest BCUT2D eigenvalue weighted by atomic mass is 14.4. The van der Waals surface area contributed by atoms with E-state index in [2.05, 4.69) is 45.9 Å². The molecule has 0 unspecified atom stereocenters. The maximum absolute atomic E-state index is 2.41. The van der Waals surface area contributed by atoms with E-state index in [0.29, 0.717) is 5.41 Å². The molecule has 0 nitrogen and oxygen atoms in total. The van der Waals surface area contributed by atoms with Gasteiger partial charge in [-0.05, 0) is 42.2 Å². The summed E-state index contributed by atoms with van der Waals surface area (Å²) in [6.45, 7) is 9.27. The van der Waals surface area contributed by atoms with E-state index in [1.165, 1.54) is 24.8 Å². The summed E-state index contributed by atoms with van der Waals surface area (Å²) in [4.78, 5) is 0. The molecule has 0 aromatic heterocycles. The highest BCUT2D eigenvalue weighted by Gasteiger charge is 2.35. The van der Waals surface area contributed by atoms with E-state index in [1.807, 2.05) is 0 Å². The van der Waals surface area contributed by atoms with Crippen LogP contribution in [0.1, 0.15) is 62.6 Å². The van der Waals surface area contributed by atoms with Gasteiger partial charge < -0.3 is 0 Å². The molecule has 0 heterocycles. The summed E-state index contributed by atoms with van der Waals surface area (Å²) in [5, 5.41) is 0. The van der Waals surface area contributed by atoms with Gasteiger partial charge in [-0.15, -0.1) is 0 Å². The fraction of sp³-hybridized carbons (Fsp3) is 0.600. The average molecular weight is 202 g/mol. The molecule has 1 aliphatic rings. The predicted octanol–water partition coefficient (Wildman–Crippen LogP) is 4.56. The smallest absolute Gasteiger partial charge is 0.00949 e. The number of hydrogen-bond donors (Lipinski definition) is 0. The fourth-order valence-electron chi connectivity index (χ4n) is 3.08. The molecule has 0 fully saturated rings. The number of hydrogen-bond acceptors (Lipinski definition) is 0. The first kappa shape index (κ1) is 10.7. The van der Waals surface area contributed by atoms with E-state index < -0.39 is 0 Å². The molecule has 0 saturated heterocycles. The van der Waals surface area contributed by atoms with Gasteiger partial charge >= 0.3 is 0 Å². The Hall–Kier alpha value is -0.780. The van der Waals surface area contributed by atoms with Crippen LogP contribution in [0.2, 0.25) is 0 Å². The van der Waals surface area contributed by atoms with Crippen LogP contribution in [0.3, 0.4) is 0 Å². The molecule has 15 heavy (non-hydrogen) atoms. The van der Waals surface area contributed by atoms with Crippen molar-refractivity contribution in [3.05, 3.63) is 34.9 Å². The maximum atomic E-state index is 2.41. The molecule has 0 N–H and O–H groups in total. The summed E-state index contributed by atoms with van der Waals surface area (Å²) >= 11 is 0. The molecule has 82 valence electrons. The zero-order valence-corrected chi connectivity index (χ0v) is 10.4. The summed E-state index contributed by atoms with van der Waals surface area (Å²) in [5.74, 6) is 0.805. The van der Waals surface area contributed by atoms with Crippen LogP contribution in [0.5, 0.6) is 0 Å². The number of benzene rings is 1. The zero-order chi connectivity index (χ0) is 11.1. The second-order valence-electron chi connectivity index (χ2n) is 5.66. The normalized spacial score (nSPS) is 22.8. The third-order valence-electron chi connectivity index (χ3n) is 3.77. The molecule has 0 radical (unpaired) electrons. The lowest BCUT2D eigenvalue weighted by Crippen LogP contribution is -2.12. The van der Waals surface area contributed by atoms with Gasteiger partial charge in [0, 0.05) is 0 Å². The predicted molar refractivity (Wildman–Crippen MR) is 66.5 cm³/mol. The first-order valence-electron chi connectivity index (χ1n) is 6.15. The van der Waals surface area contributed by atoms with Crippen LogP contribution in [0.15, 0.2) is 18.2 Å². The van der Waals surface area contributed by atoms with Crippen LogP contribution in [-0.4, -0.2) is 0 Å². The van der Waals surface area contributed by atoms with Crippen LogP contribution in [-0.2, 0) is 5.41 Å². The van der Waals surface area contributed by atoms with Crippen LogP contribution >= 0.6 is 0 Å². The lowest BCUT2D eigenvalue weighted by atomic mass is 9.85. The lowest BCUT2D eigenvalue weighted by Gasteiger charge is -2.19. The third kappa shape index (κ3) is 1.82. The Morgan fingerprint density at radius 3 is 2.73 bits per heavy atom. The van der Waals surface area contributed by atoms with E-state index in [9.17, 15) is 0 Å². The molecule has 1 atom stereocenters. The Kier molecular flexibility index (Phi) is 2.62.